The van der Waals surface area contributed by atoms with Crippen molar-refractivity contribution in [1.82, 2.24) is 4.72 Å². The molecule has 0 unspecified atom stereocenters. The summed E-state index contributed by atoms with van der Waals surface area (Å²) in [5.41, 5.74) is -0.884. The van der Waals surface area contributed by atoms with Gasteiger partial charge in [0.1, 0.15) is 5.21 Å². The molecule has 96 valence electrons. The normalized spacial score (nSPS) is 31.6. The average molecular weight is 270 g/mol. The third kappa shape index (κ3) is 4.20. The van der Waals surface area contributed by atoms with Gasteiger partial charge in [-0.15, -0.1) is 11.6 Å². The van der Waals surface area contributed by atoms with Crippen molar-refractivity contribution in [2.75, 3.05) is 11.8 Å². The Morgan fingerprint density at radius 3 is 2.44 bits per heavy atom. The first-order valence-corrected chi connectivity index (χ1v) is 7.85. The molecule has 1 aliphatic rings. The second-order valence-corrected chi connectivity index (χ2v) is 7.01. The highest BCUT2D eigenvalue weighted by Gasteiger charge is 2.33. The number of hydrogen-bond acceptors (Lipinski definition) is 3. The fourth-order valence-electron chi connectivity index (χ4n) is 2.08. The van der Waals surface area contributed by atoms with Crippen LogP contribution in [0, 0.1) is 5.92 Å². The molecule has 16 heavy (non-hydrogen) atoms. The summed E-state index contributed by atoms with van der Waals surface area (Å²) < 4.78 is 24.6. The zero-order valence-electron chi connectivity index (χ0n) is 9.58. The molecule has 0 aromatic heterocycles. The molecule has 1 saturated carbocycles. The molecule has 1 aliphatic carbocycles. The number of rotatable bonds is 5. The topological polar surface area (TPSA) is 66.4 Å². The molecular formula is C10H20ClNO3S. The van der Waals surface area contributed by atoms with E-state index >= 15 is 0 Å². The van der Waals surface area contributed by atoms with Crippen molar-refractivity contribution < 1.29 is 13.5 Å². The number of nitrogens with one attached hydrogen (secondary N) is 1. The van der Waals surface area contributed by atoms with Gasteiger partial charge in [-0.3, -0.25) is 0 Å². The van der Waals surface area contributed by atoms with Gasteiger partial charge in [0.2, 0.25) is 10.0 Å². The van der Waals surface area contributed by atoms with E-state index in [2.05, 4.69) is 11.6 Å². The first-order chi connectivity index (χ1) is 7.41. The molecule has 6 heteroatoms. The molecule has 0 amide bonds. The number of sulfonamides is 1. The lowest BCUT2D eigenvalue weighted by Crippen LogP contribution is -2.45. The quantitative estimate of drug-likeness (QED) is 0.742. The highest BCUT2D eigenvalue weighted by molar-refractivity contribution is 7.90. The molecular weight excluding hydrogens is 250 g/mol. The molecule has 0 heterocycles. The number of hydrogen-bond donors (Lipinski definition) is 2. The number of alkyl halides is 1. The first kappa shape index (κ1) is 14.2. The fourth-order valence-corrected chi connectivity index (χ4v) is 2.88. The maximum absolute atomic E-state index is 11.2. The monoisotopic (exact) mass is 269 g/mol. The molecule has 1 fully saturated rings. The highest BCUT2D eigenvalue weighted by Crippen LogP contribution is 2.33. The van der Waals surface area contributed by atoms with Gasteiger partial charge in [-0.1, -0.05) is 13.3 Å². The fraction of sp³-hybridized carbons (Fsp3) is 1.00. The zero-order valence-corrected chi connectivity index (χ0v) is 11.1. The van der Waals surface area contributed by atoms with Crippen molar-refractivity contribution >= 4 is 21.6 Å². The zero-order chi connectivity index (χ0) is 12.2. The van der Waals surface area contributed by atoms with Crippen LogP contribution < -0.4 is 4.72 Å². The van der Waals surface area contributed by atoms with Gasteiger partial charge < -0.3 is 5.11 Å². The van der Waals surface area contributed by atoms with Crippen LogP contribution in [0.25, 0.3) is 0 Å². The third-order valence-corrected chi connectivity index (χ3v) is 5.11. The van der Waals surface area contributed by atoms with Crippen LogP contribution in [0.3, 0.4) is 0 Å². The van der Waals surface area contributed by atoms with Gasteiger partial charge in [0.15, 0.2) is 0 Å². The van der Waals surface area contributed by atoms with Crippen LogP contribution >= 0.6 is 11.6 Å². The van der Waals surface area contributed by atoms with Crippen molar-refractivity contribution in [2.24, 2.45) is 5.92 Å². The van der Waals surface area contributed by atoms with Crippen LogP contribution in [0.2, 0.25) is 0 Å². The summed E-state index contributed by atoms with van der Waals surface area (Å²) in [7, 11) is -3.42. The molecule has 0 saturated heterocycles. The number of halogens is 1. The second kappa shape index (κ2) is 5.67. The Morgan fingerprint density at radius 1 is 1.44 bits per heavy atom. The molecule has 0 atom stereocenters. The van der Waals surface area contributed by atoms with E-state index in [9.17, 15) is 13.5 Å². The molecule has 4 nitrogen and oxygen atoms in total. The third-order valence-electron chi connectivity index (χ3n) is 3.38. The van der Waals surface area contributed by atoms with Gasteiger partial charge >= 0.3 is 0 Å². The highest BCUT2D eigenvalue weighted by atomic mass is 35.5. The van der Waals surface area contributed by atoms with E-state index in [-0.39, 0.29) is 6.54 Å². The standard InChI is InChI=1S/C10H20ClNO3S/c1-2-9-3-5-10(13,6-4-9)7-12-16(14,15)8-11/h9,12-13H,2-8H2,1H3. The minimum atomic E-state index is -3.42. The van der Waals surface area contributed by atoms with E-state index < -0.39 is 20.8 Å². The van der Waals surface area contributed by atoms with Crippen molar-refractivity contribution in [3.05, 3.63) is 0 Å². The predicted octanol–water partition coefficient (Wildman–Crippen LogP) is 1.43. The van der Waals surface area contributed by atoms with Crippen LogP contribution in [-0.4, -0.2) is 30.9 Å². The van der Waals surface area contributed by atoms with Gasteiger partial charge in [-0.05, 0) is 31.6 Å². The van der Waals surface area contributed by atoms with Crippen molar-refractivity contribution in [3.63, 3.8) is 0 Å². The maximum atomic E-state index is 11.2. The van der Waals surface area contributed by atoms with Crippen molar-refractivity contribution in [1.29, 1.82) is 0 Å². The van der Waals surface area contributed by atoms with Crippen LogP contribution in [0.4, 0.5) is 0 Å². The lowest BCUT2D eigenvalue weighted by Gasteiger charge is -2.35. The number of aliphatic hydroxyl groups is 1. The molecule has 0 radical (unpaired) electrons. The summed E-state index contributed by atoms with van der Waals surface area (Å²) in [6.07, 6.45) is 4.39. The minimum absolute atomic E-state index is 0.0818. The van der Waals surface area contributed by atoms with Gasteiger partial charge in [-0.25, -0.2) is 13.1 Å². The minimum Gasteiger partial charge on any atom is -0.389 e. The Labute approximate surface area is 102 Å². The Bertz CT molecular complexity index is 310. The Hall–Kier alpha value is 0.160. The maximum Gasteiger partial charge on any atom is 0.225 e. The Kier molecular flexibility index (Phi) is 5.04. The summed E-state index contributed by atoms with van der Waals surface area (Å²) >= 11 is 5.27. The summed E-state index contributed by atoms with van der Waals surface area (Å²) in [4.78, 5) is 0. The van der Waals surface area contributed by atoms with E-state index in [0.29, 0.717) is 18.8 Å². The van der Waals surface area contributed by atoms with Crippen molar-refractivity contribution in [2.45, 2.75) is 44.6 Å². The molecule has 0 aliphatic heterocycles. The summed E-state index contributed by atoms with van der Waals surface area (Å²) in [5.74, 6) is 0.671. The Morgan fingerprint density at radius 2 is 2.00 bits per heavy atom. The van der Waals surface area contributed by atoms with Crippen LogP contribution in [0.5, 0.6) is 0 Å². The van der Waals surface area contributed by atoms with Gasteiger partial charge in [0, 0.05) is 6.54 Å². The lowest BCUT2D eigenvalue weighted by atomic mass is 9.78. The van der Waals surface area contributed by atoms with Gasteiger partial charge in [-0.2, -0.15) is 0 Å². The Balaban J connectivity index is 2.43. The first-order valence-electron chi connectivity index (χ1n) is 5.66. The largest absolute Gasteiger partial charge is 0.389 e. The van der Waals surface area contributed by atoms with Crippen LogP contribution in [0.1, 0.15) is 39.0 Å². The van der Waals surface area contributed by atoms with Crippen LogP contribution in [-0.2, 0) is 10.0 Å². The van der Waals surface area contributed by atoms with E-state index in [0.717, 1.165) is 19.3 Å². The molecule has 2 N–H and O–H groups in total. The molecule has 1 rings (SSSR count). The molecule has 0 aromatic carbocycles. The van der Waals surface area contributed by atoms with Crippen LogP contribution in [0.15, 0.2) is 0 Å². The van der Waals surface area contributed by atoms with Gasteiger partial charge in [0.05, 0.1) is 5.60 Å². The predicted molar refractivity (Wildman–Crippen MR) is 64.8 cm³/mol. The molecule has 0 bridgehead atoms. The van der Waals surface area contributed by atoms with E-state index in [1.54, 1.807) is 0 Å². The summed E-state index contributed by atoms with van der Waals surface area (Å²) in [5, 5.41) is 9.72. The van der Waals surface area contributed by atoms with E-state index in [1.807, 2.05) is 0 Å². The van der Waals surface area contributed by atoms with Gasteiger partial charge in [0.25, 0.3) is 0 Å². The van der Waals surface area contributed by atoms with E-state index in [1.165, 1.54) is 0 Å². The molecule has 0 spiro atoms. The second-order valence-electron chi connectivity index (χ2n) is 4.62. The average Bonchev–Trinajstić information content (AvgIpc) is 2.28. The lowest BCUT2D eigenvalue weighted by molar-refractivity contribution is -0.00440. The smallest absolute Gasteiger partial charge is 0.225 e. The van der Waals surface area contributed by atoms with Crippen molar-refractivity contribution in [3.8, 4) is 0 Å². The summed E-state index contributed by atoms with van der Waals surface area (Å²) in [6.45, 7) is 2.23. The SMILES string of the molecule is CCC1CCC(O)(CNS(=O)(=O)CCl)CC1. The summed E-state index contributed by atoms with van der Waals surface area (Å²) in [6, 6.07) is 0. The molecule has 0 aromatic rings. The van der Waals surface area contributed by atoms with E-state index in [4.69, 9.17) is 11.6 Å².